The highest BCUT2D eigenvalue weighted by Crippen LogP contribution is 2.46. The van der Waals surface area contributed by atoms with Crippen LogP contribution in [0.15, 0.2) is 54.9 Å². The molecule has 2 atom stereocenters. The van der Waals surface area contributed by atoms with E-state index in [1.807, 2.05) is 30.3 Å². The van der Waals surface area contributed by atoms with Crippen molar-refractivity contribution in [2.75, 3.05) is 12.0 Å². The SMILES string of the molecule is COc1cc(Cl)c(C2=CC3NC(=O)N(c4cncc5ccccc45)C(=O)C3S2)cc1Cl. The Bertz CT molecular complexity index is 1270. The first-order valence-corrected chi connectivity index (χ1v) is 11.0. The van der Waals surface area contributed by atoms with Gasteiger partial charge in [0.1, 0.15) is 11.0 Å². The summed E-state index contributed by atoms with van der Waals surface area (Å²) in [7, 11) is 1.51. The summed E-state index contributed by atoms with van der Waals surface area (Å²) < 4.78 is 5.20. The van der Waals surface area contributed by atoms with Gasteiger partial charge in [0.05, 0.1) is 35.1 Å². The van der Waals surface area contributed by atoms with Crippen LogP contribution in [0, 0.1) is 0 Å². The van der Waals surface area contributed by atoms with Crippen molar-refractivity contribution in [3.8, 4) is 5.75 Å². The number of hydrogen-bond acceptors (Lipinski definition) is 5. The third-order valence-electron chi connectivity index (χ3n) is 5.26. The maximum Gasteiger partial charge on any atom is 0.329 e. The Morgan fingerprint density at radius 1 is 1.13 bits per heavy atom. The molecule has 3 heterocycles. The lowest BCUT2D eigenvalue weighted by Crippen LogP contribution is -2.60. The second-order valence-electron chi connectivity index (χ2n) is 7.06. The Labute approximate surface area is 192 Å². The number of carbonyl (C=O) groups excluding carboxylic acids is 2. The molecule has 0 bridgehead atoms. The van der Waals surface area contributed by atoms with E-state index in [1.54, 1.807) is 18.3 Å². The molecule has 1 N–H and O–H groups in total. The number of urea groups is 1. The van der Waals surface area contributed by atoms with Gasteiger partial charge in [0, 0.05) is 33.5 Å². The molecule has 3 amide bonds. The van der Waals surface area contributed by atoms with E-state index >= 15 is 0 Å². The fraction of sp³-hybridized carbons (Fsp3) is 0.136. The first-order chi connectivity index (χ1) is 15.0. The molecule has 2 unspecified atom stereocenters. The number of methoxy groups -OCH3 is 1. The molecule has 0 spiro atoms. The summed E-state index contributed by atoms with van der Waals surface area (Å²) in [6, 6.07) is 9.91. The van der Waals surface area contributed by atoms with Crippen LogP contribution in [0.2, 0.25) is 10.0 Å². The molecule has 3 aromatic rings. The standard InChI is InChI=1S/C22H15Cl2N3O3S/c1-30-18-7-14(23)13(6-15(18)24)19-8-16-20(31-19)21(28)27(22(29)26-16)17-10-25-9-11-4-2-3-5-12(11)17/h2-10,16,20H,1H3,(H,26,29). The molecule has 2 aromatic carbocycles. The predicted octanol–water partition coefficient (Wildman–Crippen LogP) is 5.13. The topological polar surface area (TPSA) is 71.5 Å². The summed E-state index contributed by atoms with van der Waals surface area (Å²) in [6.45, 7) is 0. The Morgan fingerprint density at radius 2 is 1.94 bits per heavy atom. The van der Waals surface area contributed by atoms with Crippen LogP contribution in [0.1, 0.15) is 5.56 Å². The number of imide groups is 1. The molecule has 156 valence electrons. The van der Waals surface area contributed by atoms with Crippen molar-refractivity contribution in [3.05, 3.63) is 70.5 Å². The molecule has 2 aliphatic heterocycles. The Hall–Kier alpha value is -2.74. The second-order valence-corrected chi connectivity index (χ2v) is 9.06. The number of nitrogens with zero attached hydrogens (tertiary/aromatic N) is 2. The molecule has 6 nitrogen and oxygen atoms in total. The summed E-state index contributed by atoms with van der Waals surface area (Å²) in [5, 5.41) is 4.89. The average Bonchev–Trinajstić information content (AvgIpc) is 3.19. The molecule has 5 rings (SSSR count). The van der Waals surface area contributed by atoms with E-state index in [0.29, 0.717) is 27.0 Å². The minimum Gasteiger partial charge on any atom is -0.495 e. The molecule has 1 aromatic heterocycles. The maximum atomic E-state index is 13.4. The predicted molar refractivity (Wildman–Crippen MR) is 124 cm³/mol. The van der Waals surface area contributed by atoms with Gasteiger partial charge in [-0.25, -0.2) is 9.69 Å². The smallest absolute Gasteiger partial charge is 0.329 e. The lowest BCUT2D eigenvalue weighted by molar-refractivity contribution is -0.118. The van der Waals surface area contributed by atoms with Gasteiger partial charge in [-0.1, -0.05) is 47.5 Å². The first kappa shape index (κ1) is 20.2. The van der Waals surface area contributed by atoms with E-state index < -0.39 is 17.3 Å². The third kappa shape index (κ3) is 3.33. The quantitative estimate of drug-likeness (QED) is 0.572. The van der Waals surface area contributed by atoms with E-state index in [2.05, 4.69) is 10.3 Å². The molecule has 1 saturated heterocycles. The monoisotopic (exact) mass is 471 g/mol. The highest BCUT2D eigenvalue weighted by molar-refractivity contribution is 8.09. The van der Waals surface area contributed by atoms with Gasteiger partial charge in [0.25, 0.3) is 5.91 Å². The number of nitrogens with one attached hydrogen (secondary N) is 1. The van der Waals surface area contributed by atoms with Crippen molar-refractivity contribution in [3.63, 3.8) is 0 Å². The van der Waals surface area contributed by atoms with E-state index in [1.165, 1.54) is 30.0 Å². The van der Waals surface area contributed by atoms with Crippen molar-refractivity contribution in [1.29, 1.82) is 0 Å². The second kappa shape index (κ2) is 7.75. The van der Waals surface area contributed by atoms with Gasteiger partial charge >= 0.3 is 6.03 Å². The Kier molecular flexibility index (Phi) is 5.04. The van der Waals surface area contributed by atoms with Crippen LogP contribution < -0.4 is 15.0 Å². The summed E-state index contributed by atoms with van der Waals surface area (Å²) >= 11 is 14.0. The van der Waals surface area contributed by atoms with Gasteiger partial charge in [-0.05, 0) is 12.1 Å². The largest absolute Gasteiger partial charge is 0.495 e. The Morgan fingerprint density at radius 3 is 2.74 bits per heavy atom. The Balaban J connectivity index is 1.50. The van der Waals surface area contributed by atoms with Gasteiger partial charge in [0.2, 0.25) is 0 Å². The number of aromatic nitrogens is 1. The van der Waals surface area contributed by atoms with Gasteiger partial charge < -0.3 is 10.1 Å². The van der Waals surface area contributed by atoms with Crippen LogP contribution in [0.5, 0.6) is 5.75 Å². The van der Waals surface area contributed by atoms with Crippen molar-refractivity contribution in [1.82, 2.24) is 10.3 Å². The van der Waals surface area contributed by atoms with Crippen molar-refractivity contribution < 1.29 is 14.3 Å². The maximum absolute atomic E-state index is 13.4. The summed E-state index contributed by atoms with van der Waals surface area (Å²) in [5.41, 5.74) is 1.14. The van der Waals surface area contributed by atoms with Gasteiger partial charge in [0.15, 0.2) is 0 Å². The number of ether oxygens (including phenoxy) is 1. The summed E-state index contributed by atoms with van der Waals surface area (Å²) in [6.07, 6.45) is 5.08. The normalized spacial score (nSPS) is 20.5. The molecule has 0 radical (unpaired) electrons. The third-order valence-corrected chi connectivity index (χ3v) is 7.23. The van der Waals surface area contributed by atoms with Crippen molar-refractivity contribution in [2.45, 2.75) is 11.3 Å². The van der Waals surface area contributed by atoms with Crippen LogP contribution in [-0.2, 0) is 4.79 Å². The van der Waals surface area contributed by atoms with E-state index in [-0.39, 0.29) is 5.91 Å². The number of thioether (sulfide) groups is 1. The highest BCUT2D eigenvalue weighted by Gasteiger charge is 2.45. The molecule has 2 aliphatic rings. The van der Waals surface area contributed by atoms with Crippen molar-refractivity contribution >= 4 is 68.3 Å². The minimum atomic E-state index is -0.524. The van der Waals surface area contributed by atoms with Crippen LogP contribution in [0.4, 0.5) is 10.5 Å². The number of anilines is 1. The number of rotatable bonds is 3. The molecule has 0 aliphatic carbocycles. The van der Waals surface area contributed by atoms with E-state index in [4.69, 9.17) is 27.9 Å². The van der Waals surface area contributed by atoms with E-state index in [9.17, 15) is 9.59 Å². The lowest BCUT2D eigenvalue weighted by Gasteiger charge is -2.33. The number of pyridine rings is 1. The highest BCUT2D eigenvalue weighted by atomic mass is 35.5. The fourth-order valence-corrected chi connectivity index (χ4v) is 5.64. The number of halogens is 2. The summed E-state index contributed by atoms with van der Waals surface area (Å²) in [5.74, 6) is 0.161. The number of carbonyl (C=O) groups is 2. The van der Waals surface area contributed by atoms with Gasteiger partial charge in [-0.15, -0.1) is 11.8 Å². The van der Waals surface area contributed by atoms with Crippen LogP contribution in [0.25, 0.3) is 15.7 Å². The van der Waals surface area contributed by atoms with Gasteiger partial charge in [-0.2, -0.15) is 0 Å². The molecule has 31 heavy (non-hydrogen) atoms. The first-order valence-electron chi connectivity index (χ1n) is 9.37. The molecule has 1 fully saturated rings. The van der Waals surface area contributed by atoms with Crippen molar-refractivity contribution in [2.24, 2.45) is 0 Å². The number of benzene rings is 2. The zero-order valence-corrected chi connectivity index (χ0v) is 18.5. The average molecular weight is 472 g/mol. The van der Waals surface area contributed by atoms with E-state index in [0.717, 1.165) is 15.7 Å². The zero-order chi connectivity index (χ0) is 21.7. The number of hydrogen-bond donors (Lipinski definition) is 1. The summed E-state index contributed by atoms with van der Waals surface area (Å²) in [4.78, 5) is 32.4. The van der Waals surface area contributed by atoms with Gasteiger partial charge in [-0.3, -0.25) is 9.78 Å². The molecule has 0 saturated carbocycles. The number of amides is 3. The van der Waals surface area contributed by atoms with Crippen LogP contribution in [-0.4, -0.2) is 35.3 Å². The molecule has 9 heteroatoms. The molecular weight excluding hydrogens is 457 g/mol. The minimum absolute atomic E-state index is 0.307. The lowest BCUT2D eigenvalue weighted by atomic mass is 10.1. The fourth-order valence-electron chi connectivity index (χ4n) is 3.79. The van der Waals surface area contributed by atoms with Crippen LogP contribution >= 0.6 is 35.0 Å². The number of fused-ring (bicyclic) bond motifs is 2. The zero-order valence-electron chi connectivity index (χ0n) is 16.1. The molecular formula is C22H15Cl2N3O3S. The van der Waals surface area contributed by atoms with Crippen LogP contribution in [0.3, 0.4) is 0 Å².